The number of hydrogen-bond acceptors (Lipinski definition) is 5. The van der Waals surface area contributed by atoms with Crippen LogP contribution in [0, 0.1) is 0 Å². The maximum atomic E-state index is 13.4. The molecule has 0 bridgehead atoms. The first-order valence-electron chi connectivity index (χ1n) is 12.7. The number of amides is 1. The second kappa shape index (κ2) is 9.78. The van der Waals surface area contributed by atoms with Gasteiger partial charge >= 0.3 is 0 Å². The van der Waals surface area contributed by atoms with Crippen LogP contribution in [0.15, 0.2) is 101 Å². The molecule has 200 valence electrons. The molecule has 0 aromatic heterocycles. The number of sulfonamides is 2. The number of carbonyl (C=O) groups excluding carboxylic acids is 1. The van der Waals surface area contributed by atoms with Crippen molar-refractivity contribution in [2.45, 2.75) is 16.2 Å². The van der Waals surface area contributed by atoms with Gasteiger partial charge in [0.05, 0.1) is 15.5 Å². The number of para-hydroxylation sites is 1. The maximum Gasteiger partial charge on any atom is 0.264 e. The highest BCUT2D eigenvalue weighted by Crippen LogP contribution is 2.33. The molecule has 2 heterocycles. The van der Waals surface area contributed by atoms with E-state index in [1.165, 1.54) is 20.7 Å². The summed E-state index contributed by atoms with van der Waals surface area (Å²) in [5.74, 6) is -0.323. The van der Waals surface area contributed by atoms with E-state index in [4.69, 9.17) is 0 Å². The Kier molecular flexibility index (Phi) is 6.41. The van der Waals surface area contributed by atoms with Crippen molar-refractivity contribution in [2.75, 3.05) is 37.0 Å². The summed E-state index contributed by atoms with van der Waals surface area (Å²) in [5.41, 5.74) is 1.90. The summed E-state index contributed by atoms with van der Waals surface area (Å²) in [6.45, 7) is 1.09. The third-order valence-electron chi connectivity index (χ3n) is 7.40. The molecule has 0 unspecified atom stereocenters. The summed E-state index contributed by atoms with van der Waals surface area (Å²) >= 11 is 0. The molecule has 4 aromatic carbocycles. The Balaban J connectivity index is 1.17. The van der Waals surface area contributed by atoms with E-state index in [2.05, 4.69) is 0 Å². The Morgan fingerprint density at radius 3 is 2.10 bits per heavy atom. The number of piperazine rings is 1. The first-order chi connectivity index (χ1) is 18.7. The minimum atomic E-state index is -3.84. The van der Waals surface area contributed by atoms with Crippen molar-refractivity contribution in [3.63, 3.8) is 0 Å². The zero-order valence-corrected chi connectivity index (χ0v) is 22.7. The van der Waals surface area contributed by atoms with E-state index in [0.717, 1.165) is 16.3 Å². The molecular weight excluding hydrogens is 534 g/mol. The molecule has 1 fully saturated rings. The summed E-state index contributed by atoms with van der Waals surface area (Å²) in [5, 5.41) is 1.81. The van der Waals surface area contributed by atoms with Crippen LogP contribution >= 0.6 is 0 Å². The van der Waals surface area contributed by atoms with Crippen LogP contribution in [0.2, 0.25) is 0 Å². The van der Waals surface area contributed by atoms with E-state index < -0.39 is 20.0 Å². The van der Waals surface area contributed by atoms with Crippen LogP contribution in [-0.2, 0) is 26.5 Å². The Morgan fingerprint density at radius 2 is 1.31 bits per heavy atom. The lowest BCUT2D eigenvalue weighted by atomic mass is 10.1. The topological polar surface area (TPSA) is 95.1 Å². The first-order valence-corrected chi connectivity index (χ1v) is 15.6. The van der Waals surface area contributed by atoms with Crippen molar-refractivity contribution in [2.24, 2.45) is 0 Å². The second-order valence-electron chi connectivity index (χ2n) is 9.69. The third kappa shape index (κ3) is 4.58. The molecule has 0 saturated carbocycles. The zero-order chi connectivity index (χ0) is 27.2. The first kappa shape index (κ1) is 25.5. The molecular formula is C29H27N3O5S2. The van der Waals surface area contributed by atoms with E-state index >= 15 is 0 Å². The highest BCUT2D eigenvalue weighted by molar-refractivity contribution is 7.92. The van der Waals surface area contributed by atoms with Crippen molar-refractivity contribution < 1.29 is 21.6 Å². The molecule has 0 atom stereocenters. The van der Waals surface area contributed by atoms with Crippen LogP contribution in [0.5, 0.6) is 0 Å². The van der Waals surface area contributed by atoms with Crippen LogP contribution in [0.1, 0.15) is 15.9 Å². The van der Waals surface area contributed by atoms with Gasteiger partial charge < -0.3 is 4.90 Å². The van der Waals surface area contributed by atoms with Gasteiger partial charge in [-0.05, 0) is 59.2 Å². The minimum absolute atomic E-state index is 0.0579. The molecule has 0 spiro atoms. The molecule has 39 heavy (non-hydrogen) atoms. The molecule has 6 rings (SSSR count). The predicted octanol–water partition coefficient (Wildman–Crippen LogP) is 3.74. The Morgan fingerprint density at radius 1 is 0.615 bits per heavy atom. The summed E-state index contributed by atoms with van der Waals surface area (Å²) in [6.07, 6.45) is 0.639. The number of rotatable bonds is 5. The largest absolute Gasteiger partial charge is 0.336 e. The van der Waals surface area contributed by atoms with E-state index in [1.807, 2.05) is 42.5 Å². The normalized spacial score (nSPS) is 16.4. The Bertz CT molecular complexity index is 1800. The van der Waals surface area contributed by atoms with Gasteiger partial charge in [-0.25, -0.2) is 16.8 Å². The Hall–Kier alpha value is -3.73. The molecule has 0 N–H and O–H groups in total. The smallest absolute Gasteiger partial charge is 0.264 e. The quantitative estimate of drug-likeness (QED) is 0.370. The van der Waals surface area contributed by atoms with Gasteiger partial charge in [-0.3, -0.25) is 9.10 Å². The van der Waals surface area contributed by atoms with Crippen molar-refractivity contribution >= 4 is 42.4 Å². The molecule has 8 nitrogen and oxygen atoms in total. The van der Waals surface area contributed by atoms with Crippen molar-refractivity contribution in [1.82, 2.24) is 9.21 Å². The molecule has 0 aliphatic carbocycles. The average molecular weight is 562 g/mol. The van der Waals surface area contributed by atoms with Crippen molar-refractivity contribution in [3.8, 4) is 0 Å². The highest BCUT2D eigenvalue weighted by atomic mass is 32.2. The molecule has 4 aromatic rings. The minimum Gasteiger partial charge on any atom is -0.336 e. The van der Waals surface area contributed by atoms with Crippen LogP contribution in [0.25, 0.3) is 10.8 Å². The van der Waals surface area contributed by atoms with E-state index in [0.29, 0.717) is 18.7 Å². The molecule has 2 aliphatic rings. The number of fused-ring (bicyclic) bond motifs is 2. The van der Waals surface area contributed by atoms with Crippen LogP contribution in [0.4, 0.5) is 5.69 Å². The fourth-order valence-corrected chi connectivity index (χ4v) is 8.27. The number of carbonyl (C=O) groups is 1. The zero-order valence-electron chi connectivity index (χ0n) is 21.1. The molecule has 10 heteroatoms. The van der Waals surface area contributed by atoms with Gasteiger partial charge in [-0.1, -0.05) is 54.6 Å². The SMILES string of the molecule is O=C(c1cccc(S(=O)(=O)N2CCc3ccccc32)c1)N1CCN(S(=O)(=O)c2ccc3ccccc3c2)CC1. The number of benzene rings is 4. The van der Waals surface area contributed by atoms with E-state index in [9.17, 15) is 21.6 Å². The second-order valence-corrected chi connectivity index (χ2v) is 13.5. The fourth-order valence-electron chi connectivity index (χ4n) is 5.27. The number of hydrogen-bond donors (Lipinski definition) is 0. The van der Waals surface area contributed by atoms with Gasteiger partial charge in [0.2, 0.25) is 10.0 Å². The standard InChI is InChI=1S/C29H27N3O5S2/c33-29(25-9-5-10-26(21-25)39(36,37)32-15-14-23-7-3-4-11-28(23)32)30-16-18-31(19-17-30)38(34,35)27-13-12-22-6-1-2-8-24(22)20-27/h1-13,20-21H,14-19H2. The van der Waals surface area contributed by atoms with Crippen LogP contribution in [-0.4, -0.2) is 64.7 Å². The predicted molar refractivity (Wildman–Crippen MR) is 150 cm³/mol. The summed E-state index contributed by atoms with van der Waals surface area (Å²) in [6, 6.07) is 26.2. The van der Waals surface area contributed by atoms with Crippen LogP contribution < -0.4 is 4.31 Å². The molecule has 0 radical (unpaired) electrons. The van der Waals surface area contributed by atoms with E-state index in [-0.39, 0.29) is 47.4 Å². The van der Waals surface area contributed by atoms with Gasteiger partial charge in [0.25, 0.3) is 15.9 Å². The van der Waals surface area contributed by atoms with Gasteiger partial charge in [-0.2, -0.15) is 4.31 Å². The monoisotopic (exact) mass is 561 g/mol. The average Bonchev–Trinajstić information content (AvgIpc) is 3.42. The Labute approximate surface area is 228 Å². The van der Waals surface area contributed by atoms with Gasteiger partial charge in [0, 0.05) is 38.3 Å². The number of anilines is 1. The van der Waals surface area contributed by atoms with Crippen LogP contribution in [0.3, 0.4) is 0 Å². The molecule has 1 amide bonds. The lowest BCUT2D eigenvalue weighted by molar-refractivity contribution is 0.0697. The molecule has 1 saturated heterocycles. The molecule has 2 aliphatic heterocycles. The lowest BCUT2D eigenvalue weighted by Gasteiger charge is -2.34. The van der Waals surface area contributed by atoms with E-state index in [1.54, 1.807) is 41.3 Å². The third-order valence-corrected chi connectivity index (χ3v) is 11.1. The maximum absolute atomic E-state index is 13.4. The fraction of sp³-hybridized carbons (Fsp3) is 0.207. The summed E-state index contributed by atoms with van der Waals surface area (Å²) in [7, 11) is -7.55. The summed E-state index contributed by atoms with van der Waals surface area (Å²) < 4.78 is 56.3. The van der Waals surface area contributed by atoms with Crippen molar-refractivity contribution in [3.05, 3.63) is 102 Å². The van der Waals surface area contributed by atoms with Gasteiger partial charge in [0.15, 0.2) is 0 Å². The van der Waals surface area contributed by atoms with Crippen molar-refractivity contribution in [1.29, 1.82) is 0 Å². The highest BCUT2D eigenvalue weighted by Gasteiger charge is 2.33. The lowest BCUT2D eigenvalue weighted by Crippen LogP contribution is -2.50. The number of nitrogens with zero attached hydrogens (tertiary/aromatic N) is 3. The van der Waals surface area contributed by atoms with Gasteiger partial charge in [-0.15, -0.1) is 0 Å². The van der Waals surface area contributed by atoms with Gasteiger partial charge in [0.1, 0.15) is 0 Å². The summed E-state index contributed by atoms with van der Waals surface area (Å²) in [4.78, 5) is 15.2.